The first-order chi connectivity index (χ1) is 11.7. The Kier molecular flexibility index (Phi) is 3.48. The van der Waals surface area contributed by atoms with E-state index >= 15 is 0 Å². The number of fused-ring (bicyclic) bond motifs is 1. The summed E-state index contributed by atoms with van der Waals surface area (Å²) in [4.78, 5) is 16.9. The van der Waals surface area contributed by atoms with E-state index in [1.54, 1.807) is 18.9 Å². The second kappa shape index (κ2) is 5.67. The molecule has 1 N–H and O–H groups in total. The highest BCUT2D eigenvalue weighted by atomic mass is 16.5. The Morgan fingerprint density at radius 3 is 2.92 bits per heavy atom. The molecule has 1 aromatic heterocycles. The number of rotatable bonds is 3. The Labute approximate surface area is 139 Å². The predicted molar refractivity (Wildman–Crippen MR) is 87.2 cm³/mol. The first kappa shape index (κ1) is 14.7. The molecule has 0 amide bonds. The van der Waals surface area contributed by atoms with Gasteiger partial charge in [-0.15, -0.1) is 0 Å². The van der Waals surface area contributed by atoms with Crippen LogP contribution in [0.15, 0.2) is 35.8 Å². The summed E-state index contributed by atoms with van der Waals surface area (Å²) in [5.74, 6) is 2.01. The molecule has 0 spiro atoms. The second-order valence-corrected chi connectivity index (χ2v) is 5.81. The van der Waals surface area contributed by atoms with Crippen molar-refractivity contribution in [3.8, 4) is 11.5 Å². The predicted octanol–water partition coefficient (Wildman–Crippen LogP) is 2.32. The number of nitrogens with one attached hydrogen (secondary N) is 1. The van der Waals surface area contributed by atoms with E-state index in [1.165, 1.54) is 6.33 Å². The van der Waals surface area contributed by atoms with Crippen LogP contribution in [0.25, 0.3) is 0 Å². The third kappa shape index (κ3) is 2.08. The van der Waals surface area contributed by atoms with Gasteiger partial charge in [-0.2, -0.15) is 10.1 Å². The molecule has 1 aromatic carbocycles. The number of carbonyl (C=O) groups excluding carboxylic acids is 1. The lowest BCUT2D eigenvalue weighted by Crippen LogP contribution is -2.31. The van der Waals surface area contributed by atoms with Gasteiger partial charge in [0.25, 0.3) is 0 Å². The zero-order chi connectivity index (χ0) is 16.7. The molecule has 0 bridgehead atoms. The van der Waals surface area contributed by atoms with Gasteiger partial charge in [-0.1, -0.05) is 12.1 Å². The number of benzene rings is 1. The molecule has 1 aliphatic heterocycles. The number of ether oxygens (including phenoxy) is 2. The number of Topliss-reactive ketones (excluding diaryl/α,β-unsaturated/α-hetero) is 1. The normalized spacial score (nSPS) is 19.4. The van der Waals surface area contributed by atoms with Crippen molar-refractivity contribution in [3.05, 3.63) is 41.4 Å². The third-order valence-electron chi connectivity index (χ3n) is 4.54. The topological polar surface area (TPSA) is 78.3 Å². The Bertz CT molecular complexity index is 840. The Hall–Kier alpha value is -2.83. The largest absolute Gasteiger partial charge is 0.493 e. The number of para-hydroxylation sites is 1. The van der Waals surface area contributed by atoms with E-state index in [1.807, 2.05) is 18.2 Å². The van der Waals surface area contributed by atoms with Gasteiger partial charge in [-0.25, -0.2) is 4.68 Å². The van der Waals surface area contributed by atoms with Gasteiger partial charge in [-0.05, 0) is 18.9 Å². The van der Waals surface area contributed by atoms with Crippen LogP contribution in [0.2, 0.25) is 0 Å². The molecule has 1 unspecified atom stereocenters. The number of ketones is 1. The fourth-order valence-corrected chi connectivity index (χ4v) is 3.51. The molecule has 0 saturated carbocycles. The summed E-state index contributed by atoms with van der Waals surface area (Å²) in [5.41, 5.74) is 2.51. The number of anilines is 1. The molecule has 24 heavy (non-hydrogen) atoms. The molecule has 7 nitrogen and oxygen atoms in total. The number of hydrogen-bond donors (Lipinski definition) is 1. The lowest BCUT2D eigenvalue weighted by Gasteiger charge is -2.32. The van der Waals surface area contributed by atoms with Gasteiger partial charge in [0.15, 0.2) is 17.3 Å². The van der Waals surface area contributed by atoms with Gasteiger partial charge in [0.05, 0.1) is 14.2 Å². The van der Waals surface area contributed by atoms with Crippen molar-refractivity contribution in [1.29, 1.82) is 0 Å². The molecule has 4 rings (SSSR count). The van der Waals surface area contributed by atoms with Crippen LogP contribution in [0.1, 0.15) is 30.9 Å². The third-order valence-corrected chi connectivity index (χ3v) is 4.54. The fourth-order valence-electron chi connectivity index (χ4n) is 3.51. The standard InChI is InChI=1S/C17H18N4O3/c1-23-13-8-3-5-10(16(13)24-2)15-14-11(6-4-7-12(14)22)20-17-18-9-19-21(15)17/h3,5,8-9,15H,4,6-7H2,1-2H3,(H,18,19,20). The van der Waals surface area contributed by atoms with Crippen LogP contribution in [-0.2, 0) is 4.79 Å². The second-order valence-electron chi connectivity index (χ2n) is 5.81. The molecule has 0 saturated heterocycles. The number of methoxy groups -OCH3 is 2. The van der Waals surface area contributed by atoms with Gasteiger partial charge < -0.3 is 14.8 Å². The molecule has 0 radical (unpaired) electrons. The summed E-state index contributed by atoms with van der Waals surface area (Å²) < 4.78 is 12.7. The zero-order valence-corrected chi connectivity index (χ0v) is 13.6. The van der Waals surface area contributed by atoms with Gasteiger partial charge in [0, 0.05) is 23.3 Å². The van der Waals surface area contributed by atoms with E-state index < -0.39 is 0 Å². The Morgan fingerprint density at radius 1 is 1.25 bits per heavy atom. The Balaban J connectivity index is 1.96. The average Bonchev–Trinajstić information content (AvgIpc) is 3.07. The van der Waals surface area contributed by atoms with Gasteiger partial charge in [-0.3, -0.25) is 4.79 Å². The summed E-state index contributed by atoms with van der Waals surface area (Å²) in [5, 5.41) is 7.58. The van der Waals surface area contributed by atoms with Crippen LogP contribution in [0.3, 0.4) is 0 Å². The molecule has 2 aromatic rings. The van der Waals surface area contributed by atoms with Crippen molar-refractivity contribution in [3.63, 3.8) is 0 Å². The Morgan fingerprint density at radius 2 is 2.12 bits per heavy atom. The smallest absolute Gasteiger partial charge is 0.226 e. The van der Waals surface area contributed by atoms with Crippen molar-refractivity contribution in [2.24, 2.45) is 0 Å². The average molecular weight is 326 g/mol. The van der Waals surface area contributed by atoms with Crippen molar-refractivity contribution < 1.29 is 14.3 Å². The van der Waals surface area contributed by atoms with Crippen LogP contribution >= 0.6 is 0 Å². The first-order valence-electron chi connectivity index (χ1n) is 7.88. The molecule has 1 aliphatic carbocycles. The lowest BCUT2D eigenvalue weighted by molar-refractivity contribution is -0.116. The molecule has 2 heterocycles. The van der Waals surface area contributed by atoms with Crippen LogP contribution in [-0.4, -0.2) is 34.8 Å². The van der Waals surface area contributed by atoms with Gasteiger partial charge in [0.1, 0.15) is 12.4 Å². The van der Waals surface area contributed by atoms with Crippen LogP contribution < -0.4 is 14.8 Å². The van der Waals surface area contributed by atoms with Crippen molar-refractivity contribution in [2.45, 2.75) is 25.3 Å². The molecule has 124 valence electrons. The minimum absolute atomic E-state index is 0.139. The summed E-state index contributed by atoms with van der Waals surface area (Å²) in [7, 11) is 3.20. The molecule has 0 fully saturated rings. The van der Waals surface area contributed by atoms with Crippen LogP contribution in [0.4, 0.5) is 5.95 Å². The number of carbonyl (C=O) groups is 1. The molecule has 1 atom stereocenters. The lowest BCUT2D eigenvalue weighted by atomic mass is 9.85. The van der Waals surface area contributed by atoms with E-state index in [0.29, 0.717) is 23.9 Å². The van der Waals surface area contributed by atoms with E-state index in [-0.39, 0.29) is 11.8 Å². The number of nitrogens with zero attached hydrogens (tertiary/aromatic N) is 3. The van der Waals surface area contributed by atoms with Crippen LogP contribution in [0, 0.1) is 0 Å². The maximum atomic E-state index is 12.7. The highest BCUT2D eigenvalue weighted by Gasteiger charge is 2.37. The molecule has 7 heteroatoms. The van der Waals surface area contributed by atoms with Crippen molar-refractivity contribution in [2.75, 3.05) is 19.5 Å². The summed E-state index contributed by atoms with van der Waals surface area (Å²) in [6, 6.07) is 5.30. The zero-order valence-electron chi connectivity index (χ0n) is 13.6. The molecular weight excluding hydrogens is 308 g/mol. The quantitative estimate of drug-likeness (QED) is 0.932. The highest BCUT2D eigenvalue weighted by Crippen LogP contribution is 2.44. The monoisotopic (exact) mass is 326 g/mol. The van der Waals surface area contributed by atoms with Gasteiger partial charge in [0.2, 0.25) is 5.95 Å². The van der Waals surface area contributed by atoms with E-state index in [0.717, 1.165) is 29.7 Å². The summed E-state index contributed by atoms with van der Waals surface area (Å²) >= 11 is 0. The van der Waals surface area contributed by atoms with Gasteiger partial charge >= 0.3 is 0 Å². The minimum Gasteiger partial charge on any atom is -0.493 e. The first-order valence-corrected chi connectivity index (χ1v) is 7.88. The van der Waals surface area contributed by atoms with Crippen molar-refractivity contribution in [1.82, 2.24) is 14.8 Å². The van der Waals surface area contributed by atoms with Crippen molar-refractivity contribution >= 4 is 11.7 Å². The minimum atomic E-state index is -0.364. The fraction of sp³-hybridized carbons (Fsp3) is 0.353. The number of aromatic nitrogens is 3. The number of allylic oxidation sites excluding steroid dienone is 2. The molecule has 2 aliphatic rings. The molecular formula is C17H18N4O3. The maximum Gasteiger partial charge on any atom is 0.226 e. The highest BCUT2D eigenvalue weighted by molar-refractivity contribution is 5.99. The maximum absolute atomic E-state index is 12.7. The number of hydrogen-bond acceptors (Lipinski definition) is 6. The van der Waals surface area contributed by atoms with E-state index in [2.05, 4.69) is 15.4 Å². The summed E-state index contributed by atoms with van der Waals surface area (Å²) in [6.07, 6.45) is 3.72. The van der Waals surface area contributed by atoms with Crippen LogP contribution in [0.5, 0.6) is 11.5 Å². The van der Waals surface area contributed by atoms with E-state index in [4.69, 9.17) is 9.47 Å². The van der Waals surface area contributed by atoms with E-state index in [9.17, 15) is 4.79 Å². The summed E-state index contributed by atoms with van der Waals surface area (Å²) in [6.45, 7) is 0. The SMILES string of the molecule is COc1cccc(C2C3=C(CCCC3=O)Nc3ncnn32)c1OC.